The van der Waals surface area contributed by atoms with E-state index in [4.69, 9.17) is 0 Å². The fourth-order valence-corrected chi connectivity index (χ4v) is 3.50. The van der Waals surface area contributed by atoms with Gasteiger partial charge in [0.25, 0.3) is 0 Å². The molecule has 1 fully saturated rings. The minimum Gasteiger partial charge on any atom is -0.337 e. The fourth-order valence-electron chi connectivity index (χ4n) is 3.50. The summed E-state index contributed by atoms with van der Waals surface area (Å²) < 4.78 is 28.8. The number of benzene rings is 2. The Kier molecular flexibility index (Phi) is 5.16. The average Bonchev–Trinajstić information content (AvgIpc) is 3.31. The first kappa shape index (κ1) is 18.3. The number of amides is 1. The summed E-state index contributed by atoms with van der Waals surface area (Å²) in [6.45, 7) is 1.33. The van der Waals surface area contributed by atoms with Crippen LogP contribution < -0.4 is 5.32 Å². The number of carbonyl (C=O) groups excluding carboxylic acids is 1. The molecule has 1 aliphatic heterocycles. The lowest BCUT2D eigenvalue weighted by Gasteiger charge is -2.18. The van der Waals surface area contributed by atoms with Gasteiger partial charge < -0.3 is 10.2 Å². The maximum atomic E-state index is 13.7. The van der Waals surface area contributed by atoms with E-state index in [-0.39, 0.29) is 23.6 Å². The van der Waals surface area contributed by atoms with Crippen molar-refractivity contribution in [3.63, 3.8) is 0 Å². The van der Waals surface area contributed by atoms with Gasteiger partial charge in [-0.25, -0.2) is 13.5 Å². The molecule has 3 aromatic rings. The van der Waals surface area contributed by atoms with E-state index in [0.29, 0.717) is 26.1 Å². The monoisotopic (exact) mass is 382 g/mol. The quantitative estimate of drug-likeness (QED) is 0.713. The minimum absolute atomic E-state index is 0.0216. The van der Waals surface area contributed by atoms with Crippen molar-refractivity contribution in [1.82, 2.24) is 20.0 Å². The van der Waals surface area contributed by atoms with Crippen molar-refractivity contribution in [3.05, 3.63) is 83.7 Å². The zero-order chi connectivity index (χ0) is 19.5. The van der Waals surface area contributed by atoms with E-state index in [1.54, 1.807) is 46.2 Å². The summed E-state index contributed by atoms with van der Waals surface area (Å²) in [6.07, 6.45) is 3.83. The highest BCUT2D eigenvalue weighted by molar-refractivity contribution is 5.79. The highest BCUT2D eigenvalue weighted by Crippen LogP contribution is 2.19. The smallest absolute Gasteiger partial charge is 0.224 e. The molecule has 0 saturated carbocycles. The van der Waals surface area contributed by atoms with Gasteiger partial charge in [-0.3, -0.25) is 4.79 Å². The summed E-state index contributed by atoms with van der Waals surface area (Å²) in [5.74, 6) is -0.604. The van der Waals surface area contributed by atoms with Crippen LogP contribution in [0.25, 0.3) is 5.69 Å². The van der Waals surface area contributed by atoms with Crippen molar-refractivity contribution < 1.29 is 13.6 Å². The van der Waals surface area contributed by atoms with Crippen LogP contribution in [0, 0.1) is 11.6 Å². The maximum Gasteiger partial charge on any atom is 0.224 e. The number of rotatable bonds is 6. The largest absolute Gasteiger partial charge is 0.337 e. The van der Waals surface area contributed by atoms with Crippen molar-refractivity contribution in [3.8, 4) is 5.69 Å². The van der Waals surface area contributed by atoms with Crippen molar-refractivity contribution >= 4 is 5.91 Å². The molecule has 1 aliphatic rings. The summed E-state index contributed by atoms with van der Waals surface area (Å²) in [5.41, 5.74) is 2.32. The van der Waals surface area contributed by atoms with Crippen LogP contribution in [-0.4, -0.2) is 33.2 Å². The highest BCUT2D eigenvalue weighted by atomic mass is 19.1. The minimum atomic E-state index is -0.317. The molecule has 0 radical (unpaired) electrons. The highest BCUT2D eigenvalue weighted by Gasteiger charge is 2.29. The fraction of sp³-hybridized carbons (Fsp3) is 0.238. The van der Waals surface area contributed by atoms with Crippen molar-refractivity contribution in [2.45, 2.75) is 25.6 Å². The molecule has 1 atom stereocenters. The van der Waals surface area contributed by atoms with Crippen LogP contribution in [0.4, 0.5) is 8.78 Å². The SMILES string of the molecule is O=C1C[C@@H](NCc2cc(F)ccc2-n2cccn2)CN1Cc1cccc(F)c1. The maximum absolute atomic E-state index is 13.7. The second kappa shape index (κ2) is 7.90. The van der Waals surface area contributed by atoms with Gasteiger partial charge in [0.05, 0.1) is 5.69 Å². The van der Waals surface area contributed by atoms with E-state index in [9.17, 15) is 13.6 Å². The number of aromatic nitrogens is 2. The van der Waals surface area contributed by atoms with Crippen LogP contribution in [0.15, 0.2) is 60.9 Å². The van der Waals surface area contributed by atoms with Crippen LogP contribution in [-0.2, 0) is 17.9 Å². The van der Waals surface area contributed by atoms with E-state index in [1.807, 2.05) is 0 Å². The lowest BCUT2D eigenvalue weighted by Crippen LogP contribution is -2.32. The number of nitrogens with one attached hydrogen (secondary N) is 1. The third-order valence-electron chi connectivity index (χ3n) is 4.85. The van der Waals surface area contributed by atoms with Crippen LogP contribution in [0.1, 0.15) is 17.5 Å². The van der Waals surface area contributed by atoms with Crippen LogP contribution in [0.2, 0.25) is 0 Å². The summed E-state index contributed by atoms with van der Waals surface area (Å²) in [5, 5.41) is 7.55. The predicted molar refractivity (Wildman–Crippen MR) is 101 cm³/mol. The molecule has 1 amide bonds. The number of likely N-dealkylation sites (tertiary alicyclic amines) is 1. The summed E-state index contributed by atoms with van der Waals surface area (Å²) >= 11 is 0. The predicted octanol–water partition coefficient (Wildman–Crippen LogP) is 3.04. The van der Waals surface area contributed by atoms with Gasteiger partial charge in [0, 0.05) is 44.5 Å². The lowest BCUT2D eigenvalue weighted by molar-refractivity contribution is -0.128. The Labute approximate surface area is 161 Å². The molecule has 0 aliphatic carbocycles. The number of carbonyl (C=O) groups is 1. The van der Waals surface area contributed by atoms with E-state index >= 15 is 0 Å². The molecule has 1 aromatic heterocycles. The summed E-state index contributed by atoms with van der Waals surface area (Å²) in [4.78, 5) is 14.0. The van der Waals surface area contributed by atoms with Crippen LogP contribution >= 0.6 is 0 Å². The number of hydrogen-bond donors (Lipinski definition) is 1. The average molecular weight is 382 g/mol. The first-order valence-corrected chi connectivity index (χ1v) is 9.12. The zero-order valence-electron chi connectivity index (χ0n) is 15.2. The topological polar surface area (TPSA) is 50.2 Å². The molecule has 2 aromatic carbocycles. The Morgan fingerprint density at radius 3 is 2.75 bits per heavy atom. The van der Waals surface area contributed by atoms with Crippen molar-refractivity contribution in [2.75, 3.05) is 6.54 Å². The van der Waals surface area contributed by atoms with Crippen LogP contribution in [0.5, 0.6) is 0 Å². The molecule has 28 heavy (non-hydrogen) atoms. The molecular formula is C21H20F2N4O. The molecular weight excluding hydrogens is 362 g/mol. The third kappa shape index (κ3) is 4.09. The van der Waals surface area contributed by atoms with Crippen molar-refractivity contribution in [1.29, 1.82) is 0 Å². The molecule has 2 heterocycles. The summed E-state index contributed by atoms with van der Waals surface area (Å²) in [7, 11) is 0. The van der Waals surface area contributed by atoms with Gasteiger partial charge in [0.1, 0.15) is 11.6 Å². The van der Waals surface area contributed by atoms with Gasteiger partial charge in [-0.05, 0) is 47.5 Å². The normalized spacial score (nSPS) is 16.7. The van der Waals surface area contributed by atoms with Gasteiger partial charge in [-0.2, -0.15) is 5.10 Å². The standard InChI is InChI=1S/C21H20F2N4O/c22-17-4-1-3-15(9-17)13-26-14-19(11-21(26)28)24-12-16-10-18(23)5-6-20(16)27-8-2-7-25-27/h1-10,19,24H,11-14H2/t19-/m1/s1. The third-order valence-corrected chi connectivity index (χ3v) is 4.85. The Bertz CT molecular complexity index is 974. The Hall–Kier alpha value is -3.06. The summed E-state index contributed by atoms with van der Waals surface area (Å²) in [6, 6.07) is 12.6. The Morgan fingerprint density at radius 2 is 1.96 bits per heavy atom. The molecule has 1 saturated heterocycles. The second-order valence-corrected chi connectivity index (χ2v) is 6.91. The van der Waals surface area contributed by atoms with Crippen molar-refractivity contribution in [2.24, 2.45) is 0 Å². The van der Waals surface area contributed by atoms with E-state index in [2.05, 4.69) is 10.4 Å². The number of hydrogen-bond acceptors (Lipinski definition) is 3. The van der Waals surface area contributed by atoms with E-state index < -0.39 is 0 Å². The molecule has 5 nitrogen and oxygen atoms in total. The van der Waals surface area contributed by atoms with Gasteiger partial charge in [0.15, 0.2) is 0 Å². The first-order valence-electron chi connectivity index (χ1n) is 9.12. The molecule has 144 valence electrons. The number of nitrogens with zero attached hydrogens (tertiary/aromatic N) is 3. The van der Waals surface area contributed by atoms with Gasteiger partial charge in [0.2, 0.25) is 5.91 Å². The molecule has 0 unspecified atom stereocenters. The molecule has 0 spiro atoms. The first-order chi connectivity index (χ1) is 13.6. The van der Waals surface area contributed by atoms with Gasteiger partial charge in [-0.1, -0.05) is 12.1 Å². The second-order valence-electron chi connectivity index (χ2n) is 6.91. The zero-order valence-corrected chi connectivity index (χ0v) is 15.2. The van der Waals surface area contributed by atoms with Gasteiger partial charge >= 0.3 is 0 Å². The molecule has 4 rings (SSSR count). The van der Waals surface area contributed by atoms with E-state index in [1.165, 1.54) is 24.3 Å². The Balaban J connectivity index is 1.41. The number of halogens is 2. The molecule has 7 heteroatoms. The van der Waals surface area contributed by atoms with Crippen LogP contribution in [0.3, 0.4) is 0 Å². The molecule has 1 N–H and O–H groups in total. The van der Waals surface area contributed by atoms with E-state index in [0.717, 1.165) is 16.8 Å². The molecule has 0 bridgehead atoms. The Morgan fingerprint density at radius 1 is 1.11 bits per heavy atom. The lowest BCUT2D eigenvalue weighted by atomic mass is 10.1. The van der Waals surface area contributed by atoms with Gasteiger partial charge in [-0.15, -0.1) is 0 Å².